The van der Waals surface area contributed by atoms with Crippen molar-refractivity contribution in [2.75, 3.05) is 13.2 Å². The van der Waals surface area contributed by atoms with Crippen molar-refractivity contribution in [3.05, 3.63) is 24.3 Å². The number of carbonyl (C=O) groups excluding carboxylic acids is 3. The second-order valence-corrected chi connectivity index (χ2v) is 16.0. The maximum Gasteiger partial charge on any atom is 0.306 e. The van der Waals surface area contributed by atoms with Gasteiger partial charge in [0.1, 0.15) is 13.2 Å². The van der Waals surface area contributed by atoms with Gasteiger partial charge in [-0.1, -0.05) is 186 Å². The number of carbonyl (C=O) groups is 3. The summed E-state index contributed by atoms with van der Waals surface area (Å²) in [6.07, 6.45) is 48.7. The van der Waals surface area contributed by atoms with Crippen LogP contribution in [0, 0.1) is 0 Å². The zero-order valence-corrected chi connectivity index (χ0v) is 36.7. The van der Waals surface area contributed by atoms with E-state index >= 15 is 0 Å². The number of rotatable bonds is 43. The van der Waals surface area contributed by atoms with Gasteiger partial charge in [0.25, 0.3) is 0 Å². The molecule has 0 aliphatic heterocycles. The molecule has 0 spiro atoms. The SMILES string of the molecule is CCCCCCC/C=C\CCCCCCCC(=O)OC[C@@H](COC(=O)CCCCCCCCCCC)OC(=O)CCCCCCC/C=C\CCCCCCC. The molecule has 6 nitrogen and oxygen atoms in total. The number of hydrogen-bond acceptors (Lipinski definition) is 6. The Morgan fingerprint density at radius 1 is 0.345 bits per heavy atom. The molecule has 0 aliphatic rings. The number of unbranched alkanes of at least 4 members (excludes halogenated alkanes) is 28. The molecule has 0 aliphatic carbocycles. The molecular formula is C49H90O6. The van der Waals surface area contributed by atoms with Gasteiger partial charge in [-0.3, -0.25) is 14.4 Å². The quantitative estimate of drug-likeness (QED) is 0.0266. The van der Waals surface area contributed by atoms with E-state index in [1.807, 2.05) is 0 Å². The second-order valence-electron chi connectivity index (χ2n) is 16.0. The minimum absolute atomic E-state index is 0.0746. The Kier molecular flexibility index (Phi) is 42.9. The van der Waals surface area contributed by atoms with Gasteiger partial charge in [0.05, 0.1) is 0 Å². The number of ether oxygens (including phenoxy) is 3. The van der Waals surface area contributed by atoms with E-state index in [4.69, 9.17) is 14.2 Å². The highest BCUT2D eigenvalue weighted by molar-refractivity contribution is 5.71. The molecule has 322 valence electrons. The van der Waals surface area contributed by atoms with Gasteiger partial charge in [-0.2, -0.15) is 0 Å². The molecule has 0 unspecified atom stereocenters. The average Bonchev–Trinajstić information content (AvgIpc) is 3.18. The summed E-state index contributed by atoms with van der Waals surface area (Å²) in [6.45, 7) is 6.59. The molecule has 0 saturated carbocycles. The summed E-state index contributed by atoms with van der Waals surface area (Å²) in [5, 5.41) is 0. The lowest BCUT2D eigenvalue weighted by Gasteiger charge is -2.18. The van der Waals surface area contributed by atoms with Gasteiger partial charge < -0.3 is 14.2 Å². The first-order chi connectivity index (χ1) is 27.0. The first-order valence-electron chi connectivity index (χ1n) is 23.8. The van der Waals surface area contributed by atoms with Crippen molar-refractivity contribution >= 4 is 17.9 Å². The molecule has 0 aromatic carbocycles. The summed E-state index contributed by atoms with van der Waals surface area (Å²) in [7, 11) is 0. The summed E-state index contributed by atoms with van der Waals surface area (Å²) in [6, 6.07) is 0. The molecule has 0 fully saturated rings. The van der Waals surface area contributed by atoms with Gasteiger partial charge in [0.15, 0.2) is 6.10 Å². The molecule has 0 saturated heterocycles. The van der Waals surface area contributed by atoms with E-state index in [0.29, 0.717) is 19.3 Å². The van der Waals surface area contributed by atoms with E-state index in [1.165, 1.54) is 141 Å². The minimum Gasteiger partial charge on any atom is -0.462 e. The molecule has 0 radical (unpaired) electrons. The van der Waals surface area contributed by atoms with Crippen LogP contribution in [0.4, 0.5) is 0 Å². The molecule has 55 heavy (non-hydrogen) atoms. The normalized spacial score (nSPS) is 12.1. The number of esters is 3. The lowest BCUT2D eigenvalue weighted by molar-refractivity contribution is -0.167. The smallest absolute Gasteiger partial charge is 0.306 e. The standard InChI is InChI=1S/C49H90O6/c1-4-7-10-13-16-19-21-23-25-27-30-33-36-39-42-48(51)54-45-46(44-53-47(50)41-38-35-32-29-18-15-12-9-6-3)55-49(52)43-40-37-34-31-28-26-24-22-20-17-14-11-8-5-2/h21-24,46H,4-20,25-45H2,1-3H3/b23-21-,24-22-/t46-/m1/s1. The van der Waals surface area contributed by atoms with Gasteiger partial charge in [0, 0.05) is 19.3 Å². The molecule has 0 amide bonds. The summed E-state index contributed by atoms with van der Waals surface area (Å²) in [5.41, 5.74) is 0. The van der Waals surface area contributed by atoms with E-state index in [2.05, 4.69) is 45.1 Å². The Morgan fingerprint density at radius 3 is 0.909 bits per heavy atom. The predicted molar refractivity (Wildman–Crippen MR) is 233 cm³/mol. The zero-order valence-electron chi connectivity index (χ0n) is 36.7. The first kappa shape index (κ1) is 52.9. The van der Waals surface area contributed by atoms with Crippen molar-refractivity contribution in [2.45, 2.75) is 258 Å². The highest BCUT2D eigenvalue weighted by atomic mass is 16.6. The predicted octanol–water partition coefficient (Wildman–Crippen LogP) is 15.2. The van der Waals surface area contributed by atoms with Crippen LogP contribution in [0.3, 0.4) is 0 Å². The summed E-state index contributed by atoms with van der Waals surface area (Å²) in [5.74, 6) is -0.888. The molecule has 0 rings (SSSR count). The van der Waals surface area contributed by atoms with Crippen molar-refractivity contribution in [1.29, 1.82) is 0 Å². The Balaban J connectivity index is 4.35. The van der Waals surface area contributed by atoms with Gasteiger partial charge in [-0.25, -0.2) is 0 Å². The van der Waals surface area contributed by atoms with Crippen LogP contribution in [0.25, 0.3) is 0 Å². The molecule has 0 bridgehead atoms. The third-order valence-electron chi connectivity index (χ3n) is 10.4. The summed E-state index contributed by atoms with van der Waals surface area (Å²) < 4.78 is 16.7. The molecule has 6 heteroatoms. The van der Waals surface area contributed by atoms with Crippen molar-refractivity contribution < 1.29 is 28.6 Å². The Bertz CT molecular complexity index is 896. The summed E-state index contributed by atoms with van der Waals surface area (Å²) in [4.78, 5) is 37.7. The maximum atomic E-state index is 12.7. The van der Waals surface area contributed by atoms with Crippen LogP contribution in [-0.4, -0.2) is 37.2 Å². The molecular weight excluding hydrogens is 685 g/mol. The lowest BCUT2D eigenvalue weighted by atomic mass is 10.1. The minimum atomic E-state index is -0.772. The Morgan fingerprint density at radius 2 is 0.600 bits per heavy atom. The maximum absolute atomic E-state index is 12.7. The van der Waals surface area contributed by atoms with Gasteiger partial charge >= 0.3 is 17.9 Å². The largest absolute Gasteiger partial charge is 0.462 e. The van der Waals surface area contributed by atoms with Crippen molar-refractivity contribution in [2.24, 2.45) is 0 Å². The van der Waals surface area contributed by atoms with E-state index in [-0.39, 0.29) is 31.1 Å². The molecule has 0 aromatic heterocycles. The van der Waals surface area contributed by atoms with E-state index in [0.717, 1.165) is 70.6 Å². The van der Waals surface area contributed by atoms with Crippen molar-refractivity contribution in [3.8, 4) is 0 Å². The Hall–Kier alpha value is -2.11. The van der Waals surface area contributed by atoms with Crippen LogP contribution in [0.1, 0.15) is 252 Å². The van der Waals surface area contributed by atoms with Gasteiger partial charge in [0.2, 0.25) is 0 Å². The van der Waals surface area contributed by atoms with Crippen LogP contribution < -0.4 is 0 Å². The summed E-state index contributed by atoms with van der Waals surface area (Å²) >= 11 is 0. The third kappa shape index (κ3) is 42.9. The third-order valence-corrected chi connectivity index (χ3v) is 10.4. The van der Waals surface area contributed by atoms with Gasteiger partial charge in [-0.15, -0.1) is 0 Å². The van der Waals surface area contributed by atoms with Crippen LogP contribution in [0.2, 0.25) is 0 Å². The fourth-order valence-corrected chi connectivity index (χ4v) is 6.78. The van der Waals surface area contributed by atoms with Crippen LogP contribution in [0.5, 0.6) is 0 Å². The Labute approximate surface area is 341 Å². The van der Waals surface area contributed by atoms with E-state index in [9.17, 15) is 14.4 Å². The molecule has 1 atom stereocenters. The topological polar surface area (TPSA) is 78.9 Å². The van der Waals surface area contributed by atoms with E-state index in [1.54, 1.807) is 0 Å². The molecule has 0 N–H and O–H groups in total. The number of hydrogen-bond donors (Lipinski definition) is 0. The highest BCUT2D eigenvalue weighted by Gasteiger charge is 2.19. The van der Waals surface area contributed by atoms with Crippen LogP contribution in [0.15, 0.2) is 24.3 Å². The van der Waals surface area contributed by atoms with Gasteiger partial charge in [-0.05, 0) is 70.6 Å². The molecule has 0 heterocycles. The fourth-order valence-electron chi connectivity index (χ4n) is 6.78. The average molecular weight is 775 g/mol. The molecule has 0 aromatic rings. The zero-order chi connectivity index (χ0) is 40.1. The van der Waals surface area contributed by atoms with Crippen LogP contribution >= 0.6 is 0 Å². The van der Waals surface area contributed by atoms with E-state index < -0.39 is 6.10 Å². The first-order valence-corrected chi connectivity index (χ1v) is 23.8. The number of allylic oxidation sites excluding steroid dienone is 4. The monoisotopic (exact) mass is 775 g/mol. The fraction of sp³-hybridized carbons (Fsp3) is 0.857. The lowest BCUT2D eigenvalue weighted by Crippen LogP contribution is -2.30. The second kappa shape index (κ2) is 44.6. The van der Waals surface area contributed by atoms with Crippen LogP contribution in [-0.2, 0) is 28.6 Å². The van der Waals surface area contributed by atoms with Crippen molar-refractivity contribution in [3.63, 3.8) is 0 Å². The van der Waals surface area contributed by atoms with Crippen molar-refractivity contribution in [1.82, 2.24) is 0 Å². The highest BCUT2D eigenvalue weighted by Crippen LogP contribution is 2.14.